The molecule has 0 saturated heterocycles. The molecule has 0 amide bonds. The van der Waals surface area contributed by atoms with Crippen molar-refractivity contribution in [3.8, 4) is 0 Å². The highest BCUT2D eigenvalue weighted by Gasteiger charge is 2.30. The number of nitrogens with zero attached hydrogens (tertiary/aromatic N) is 10. The zero-order valence-corrected chi connectivity index (χ0v) is 11.9. The van der Waals surface area contributed by atoms with Crippen LogP contribution in [0.3, 0.4) is 0 Å². The molecule has 0 unspecified atom stereocenters. The van der Waals surface area contributed by atoms with Gasteiger partial charge in [-0.15, -0.1) is 9.36 Å². The van der Waals surface area contributed by atoms with Crippen LogP contribution in [0.5, 0.6) is 0 Å². The molecule has 0 atom stereocenters. The van der Waals surface area contributed by atoms with Crippen LogP contribution < -0.4 is 0 Å². The quantitative estimate of drug-likeness (QED) is 0.397. The van der Waals surface area contributed by atoms with Crippen molar-refractivity contribution in [2.24, 2.45) is 0 Å². The third-order valence-electron chi connectivity index (χ3n) is 2.62. The largest absolute Gasteiger partial charge is 0.491 e. The minimum absolute atomic E-state index is 0.338. The van der Waals surface area contributed by atoms with Crippen LogP contribution in [0.1, 0.15) is 11.6 Å². The normalized spacial score (nSPS) is 10.6. The molecule has 2 heterocycles. The third-order valence-corrected chi connectivity index (χ3v) is 2.62. The fourth-order valence-corrected chi connectivity index (χ4v) is 1.73. The van der Waals surface area contributed by atoms with Crippen LogP contribution in [-0.2, 0) is 19.8 Å². The van der Waals surface area contributed by atoms with E-state index < -0.39 is 51.3 Å². The molecule has 18 nitrogen and oxygen atoms in total. The Hall–Kier alpha value is -4.12. The van der Waals surface area contributed by atoms with E-state index in [-0.39, 0.29) is 11.6 Å². The molecule has 0 saturated carbocycles. The van der Waals surface area contributed by atoms with Gasteiger partial charge in [0.15, 0.2) is 0 Å². The maximum absolute atomic E-state index is 10.7. The summed E-state index contributed by atoms with van der Waals surface area (Å²) >= 11 is 0. The molecule has 18 heteroatoms. The highest BCUT2D eigenvalue weighted by Crippen LogP contribution is 2.13. The Morgan fingerprint density at radius 1 is 0.720 bits per heavy atom. The van der Waals surface area contributed by atoms with Crippen LogP contribution >= 0.6 is 0 Å². The summed E-state index contributed by atoms with van der Waals surface area (Å²) in [5.41, 5.74) is 0. The van der Waals surface area contributed by atoms with Gasteiger partial charge in [-0.05, 0) is 19.8 Å². The molecule has 2 aromatic heterocycles. The lowest BCUT2D eigenvalue weighted by Crippen LogP contribution is -2.17. The van der Waals surface area contributed by atoms with Crippen molar-refractivity contribution in [1.82, 2.24) is 29.5 Å². The average molecular weight is 358 g/mol. The van der Waals surface area contributed by atoms with Gasteiger partial charge in [-0.1, -0.05) is 0 Å². The summed E-state index contributed by atoms with van der Waals surface area (Å²) in [6.07, 6.45) is -0.538. The Morgan fingerprint density at radius 2 is 1.08 bits per heavy atom. The molecule has 0 radical (unpaired) electrons. The summed E-state index contributed by atoms with van der Waals surface area (Å²) in [4.78, 5) is 45.8. The minimum Gasteiger partial charge on any atom is -0.390 e. The van der Waals surface area contributed by atoms with Crippen molar-refractivity contribution in [3.63, 3.8) is 0 Å². The maximum atomic E-state index is 10.7. The Morgan fingerprint density at radius 3 is 1.36 bits per heavy atom. The van der Waals surface area contributed by atoms with Crippen molar-refractivity contribution >= 4 is 11.9 Å². The Bertz CT molecular complexity index is 798. The second-order valence-corrected chi connectivity index (χ2v) is 4.29. The fraction of sp³-hybridized carbons (Fsp3) is 0.429. The molecule has 0 fully saturated rings. The van der Waals surface area contributed by atoms with Crippen molar-refractivity contribution < 1.29 is 19.7 Å². The van der Waals surface area contributed by atoms with E-state index in [4.69, 9.17) is 0 Å². The molecule has 0 aromatic carbocycles. The van der Waals surface area contributed by atoms with E-state index in [0.29, 0.717) is 9.36 Å². The van der Waals surface area contributed by atoms with Gasteiger partial charge >= 0.3 is 25.2 Å². The SMILES string of the molecule is O=[N+]([O-])Cn1nc([N+](=O)[O-])nc1Cc1nc([N+](=O)[O-])nn1C[N+](=O)[O-]. The van der Waals surface area contributed by atoms with Crippen molar-refractivity contribution in [3.05, 3.63) is 52.1 Å². The zero-order valence-electron chi connectivity index (χ0n) is 11.9. The molecule has 132 valence electrons. The van der Waals surface area contributed by atoms with Crippen LogP contribution in [0.25, 0.3) is 0 Å². The number of hydrogen-bond donors (Lipinski definition) is 0. The van der Waals surface area contributed by atoms with Gasteiger partial charge in [0.05, 0.1) is 0 Å². The summed E-state index contributed by atoms with van der Waals surface area (Å²) < 4.78 is 1.16. The van der Waals surface area contributed by atoms with E-state index in [1.165, 1.54) is 0 Å². The van der Waals surface area contributed by atoms with Crippen LogP contribution in [0, 0.1) is 40.5 Å². The molecule has 0 aliphatic carbocycles. The first-order valence-electron chi connectivity index (χ1n) is 6.07. The number of aromatic nitrogens is 6. The van der Waals surface area contributed by atoms with E-state index in [0.717, 1.165) is 0 Å². The van der Waals surface area contributed by atoms with Gasteiger partial charge < -0.3 is 20.2 Å². The maximum Gasteiger partial charge on any atom is 0.491 e. The van der Waals surface area contributed by atoms with E-state index in [1.54, 1.807) is 0 Å². The summed E-state index contributed by atoms with van der Waals surface area (Å²) in [6.45, 7) is -1.94. The average Bonchev–Trinajstić information content (AvgIpc) is 3.04. The Kier molecular flexibility index (Phi) is 4.52. The molecule has 0 N–H and O–H groups in total. The van der Waals surface area contributed by atoms with Crippen molar-refractivity contribution in [2.45, 2.75) is 19.8 Å². The van der Waals surface area contributed by atoms with Gasteiger partial charge in [0.25, 0.3) is 0 Å². The second kappa shape index (κ2) is 6.55. The summed E-state index contributed by atoms with van der Waals surface area (Å²) in [6, 6.07) is 0. The van der Waals surface area contributed by atoms with Gasteiger partial charge in [0.1, 0.15) is 6.42 Å². The summed E-state index contributed by atoms with van der Waals surface area (Å²) in [7, 11) is 0. The summed E-state index contributed by atoms with van der Waals surface area (Å²) in [5.74, 6) is -2.55. The van der Waals surface area contributed by atoms with Gasteiger partial charge in [0.2, 0.25) is 11.6 Å². The lowest BCUT2D eigenvalue weighted by molar-refractivity contribution is -0.516. The second-order valence-electron chi connectivity index (χ2n) is 4.29. The first-order chi connectivity index (χ1) is 11.7. The lowest BCUT2D eigenvalue weighted by Gasteiger charge is -1.95. The van der Waals surface area contributed by atoms with E-state index in [1.807, 2.05) is 0 Å². The standard InChI is InChI=1S/C7H6N10O8/c18-14(19)2-12-4(8-6(10-12)16(22)23)1-5-9-7(17(24)25)11-13(5)3-15(20)21/h1-3H2. The number of nitro groups is 4. The monoisotopic (exact) mass is 358 g/mol. The Balaban J connectivity index is 2.43. The molecule has 2 rings (SSSR count). The molecule has 0 spiro atoms. The van der Waals surface area contributed by atoms with Crippen molar-refractivity contribution in [1.29, 1.82) is 0 Å². The molecule has 2 aromatic rings. The summed E-state index contributed by atoms with van der Waals surface area (Å²) in [5, 5.41) is 49.2. The highest BCUT2D eigenvalue weighted by atomic mass is 16.6. The first kappa shape index (κ1) is 17.2. The smallest absolute Gasteiger partial charge is 0.390 e. The van der Waals surface area contributed by atoms with Gasteiger partial charge in [-0.25, -0.2) is 0 Å². The fourth-order valence-electron chi connectivity index (χ4n) is 1.73. The molecule has 0 aliphatic rings. The molecular weight excluding hydrogens is 352 g/mol. The zero-order chi connectivity index (χ0) is 18.7. The van der Waals surface area contributed by atoms with Gasteiger partial charge in [0, 0.05) is 20.0 Å². The van der Waals surface area contributed by atoms with Crippen LogP contribution in [-0.4, -0.2) is 49.2 Å². The topological polar surface area (TPSA) is 234 Å². The minimum atomic E-state index is -0.996. The van der Waals surface area contributed by atoms with Crippen LogP contribution in [0.4, 0.5) is 11.9 Å². The predicted molar refractivity (Wildman–Crippen MR) is 70.1 cm³/mol. The van der Waals surface area contributed by atoms with Gasteiger partial charge in [-0.3, -0.25) is 20.2 Å². The molecular formula is C7H6N10O8. The first-order valence-corrected chi connectivity index (χ1v) is 6.07. The molecule has 25 heavy (non-hydrogen) atoms. The number of hydrogen-bond acceptors (Lipinski definition) is 12. The third kappa shape index (κ3) is 4.00. The van der Waals surface area contributed by atoms with E-state index in [2.05, 4.69) is 20.2 Å². The Labute approximate surface area is 134 Å². The lowest BCUT2D eigenvalue weighted by atomic mass is 10.4. The molecule has 0 bridgehead atoms. The van der Waals surface area contributed by atoms with Crippen LogP contribution in [0.15, 0.2) is 0 Å². The van der Waals surface area contributed by atoms with Crippen molar-refractivity contribution in [2.75, 3.05) is 0 Å². The van der Waals surface area contributed by atoms with Gasteiger partial charge in [-0.2, -0.15) is 0 Å². The molecule has 0 aliphatic heterocycles. The van der Waals surface area contributed by atoms with E-state index >= 15 is 0 Å². The number of rotatable bonds is 8. The van der Waals surface area contributed by atoms with Crippen LogP contribution in [0.2, 0.25) is 0 Å². The highest BCUT2D eigenvalue weighted by molar-refractivity contribution is 5.12. The van der Waals surface area contributed by atoms with E-state index in [9.17, 15) is 40.5 Å². The predicted octanol–water partition coefficient (Wildman–Crippen LogP) is -1.25.